The molecular formula is C14H16O4. The van der Waals surface area contributed by atoms with E-state index in [2.05, 4.69) is 0 Å². The number of ether oxygens (including phenoxy) is 4. The van der Waals surface area contributed by atoms with Crippen LogP contribution in [0.4, 0.5) is 0 Å². The summed E-state index contributed by atoms with van der Waals surface area (Å²) in [5.74, 6) is 0.853. The van der Waals surface area contributed by atoms with Gasteiger partial charge in [-0.15, -0.1) is 0 Å². The van der Waals surface area contributed by atoms with Gasteiger partial charge < -0.3 is 18.9 Å². The van der Waals surface area contributed by atoms with E-state index in [1.54, 1.807) is 7.11 Å². The Labute approximate surface area is 106 Å². The maximum Gasteiger partial charge on any atom is 0.177 e. The predicted octanol–water partition coefficient (Wildman–Crippen LogP) is 1.89. The number of benzene rings is 1. The van der Waals surface area contributed by atoms with Crippen LogP contribution >= 0.6 is 0 Å². The molecule has 2 aliphatic rings. The van der Waals surface area contributed by atoms with Gasteiger partial charge in [0.05, 0.1) is 20.3 Å². The third-order valence-corrected chi connectivity index (χ3v) is 3.16. The molecule has 0 spiro atoms. The molecule has 0 aliphatic carbocycles. The van der Waals surface area contributed by atoms with Gasteiger partial charge in [-0.05, 0) is 23.8 Å². The first-order valence-corrected chi connectivity index (χ1v) is 6.05. The van der Waals surface area contributed by atoms with Crippen molar-refractivity contribution in [3.63, 3.8) is 0 Å². The maximum absolute atomic E-state index is 5.84. The first kappa shape index (κ1) is 11.7. The average Bonchev–Trinajstić information content (AvgIpc) is 2.81. The maximum atomic E-state index is 5.84. The fraction of sp³-hybridized carbons (Fsp3) is 0.429. The van der Waals surface area contributed by atoms with Gasteiger partial charge >= 0.3 is 0 Å². The molecule has 1 aromatic rings. The zero-order valence-electron chi connectivity index (χ0n) is 10.2. The molecule has 2 bridgehead atoms. The Morgan fingerprint density at radius 3 is 2.83 bits per heavy atom. The zero-order valence-corrected chi connectivity index (χ0v) is 10.2. The molecule has 0 amide bonds. The minimum atomic E-state index is -0.171. The van der Waals surface area contributed by atoms with Crippen molar-refractivity contribution in [3.8, 4) is 5.75 Å². The van der Waals surface area contributed by atoms with E-state index in [1.165, 1.54) is 0 Å². The van der Waals surface area contributed by atoms with Gasteiger partial charge in [-0.2, -0.15) is 0 Å². The molecule has 2 aliphatic heterocycles. The Morgan fingerprint density at radius 1 is 1.22 bits per heavy atom. The SMILES string of the molecule is COc1ccc(CO[C@@H]2C=C[C@@H]3OC[C@H]2O3)cc1. The monoisotopic (exact) mass is 248 g/mol. The summed E-state index contributed by atoms with van der Waals surface area (Å²) < 4.78 is 21.9. The molecular weight excluding hydrogens is 232 g/mol. The van der Waals surface area contributed by atoms with E-state index in [9.17, 15) is 0 Å². The summed E-state index contributed by atoms with van der Waals surface area (Å²) in [6.45, 7) is 1.16. The van der Waals surface area contributed by atoms with Gasteiger partial charge in [-0.3, -0.25) is 0 Å². The van der Waals surface area contributed by atoms with Gasteiger partial charge in [-0.1, -0.05) is 18.2 Å². The van der Waals surface area contributed by atoms with Crippen molar-refractivity contribution < 1.29 is 18.9 Å². The second kappa shape index (κ2) is 5.10. The summed E-state index contributed by atoms with van der Waals surface area (Å²) in [5, 5.41) is 0. The Bertz CT molecular complexity index is 426. The molecule has 3 atom stereocenters. The van der Waals surface area contributed by atoms with Crippen LogP contribution in [0.5, 0.6) is 5.75 Å². The third kappa shape index (κ3) is 2.41. The van der Waals surface area contributed by atoms with Crippen LogP contribution in [0.1, 0.15) is 5.56 Å². The minimum Gasteiger partial charge on any atom is -0.497 e. The van der Waals surface area contributed by atoms with Crippen LogP contribution < -0.4 is 4.74 Å². The molecule has 4 heteroatoms. The van der Waals surface area contributed by atoms with Gasteiger partial charge in [-0.25, -0.2) is 0 Å². The Kier molecular flexibility index (Phi) is 3.32. The summed E-state index contributed by atoms with van der Waals surface area (Å²) in [6.07, 6.45) is 3.76. The molecule has 4 nitrogen and oxygen atoms in total. The summed E-state index contributed by atoms with van der Waals surface area (Å²) in [7, 11) is 1.66. The van der Waals surface area contributed by atoms with Crippen LogP contribution in [-0.4, -0.2) is 32.2 Å². The second-order valence-electron chi connectivity index (χ2n) is 4.38. The van der Waals surface area contributed by atoms with Crippen molar-refractivity contribution in [3.05, 3.63) is 42.0 Å². The molecule has 2 heterocycles. The molecule has 18 heavy (non-hydrogen) atoms. The van der Waals surface area contributed by atoms with Gasteiger partial charge in [0.1, 0.15) is 18.0 Å². The van der Waals surface area contributed by atoms with Crippen LogP contribution in [-0.2, 0) is 20.8 Å². The first-order chi connectivity index (χ1) is 8.85. The Morgan fingerprint density at radius 2 is 2.06 bits per heavy atom. The topological polar surface area (TPSA) is 36.9 Å². The first-order valence-electron chi connectivity index (χ1n) is 6.05. The highest BCUT2D eigenvalue weighted by atomic mass is 16.7. The lowest BCUT2D eigenvalue weighted by Gasteiger charge is -2.22. The van der Waals surface area contributed by atoms with Crippen LogP contribution in [0.2, 0.25) is 0 Å². The van der Waals surface area contributed by atoms with E-state index in [1.807, 2.05) is 36.4 Å². The fourth-order valence-electron chi connectivity index (χ4n) is 2.11. The van der Waals surface area contributed by atoms with Crippen LogP contribution in [0, 0.1) is 0 Å². The Balaban J connectivity index is 1.57. The van der Waals surface area contributed by atoms with Crippen LogP contribution in [0.3, 0.4) is 0 Å². The number of hydrogen-bond donors (Lipinski definition) is 0. The molecule has 0 unspecified atom stereocenters. The zero-order chi connectivity index (χ0) is 12.4. The summed E-state index contributed by atoms with van der Waals surface area (Å²) in [5.41, 5.74) is 1.12. The fourth-order valence-corrected chi connectivity index (χ4v) is 2.11. The van der Waals surface area contributed by atoms with Crippen molar-refractivity contribution in [1.82, 2.24) is 0 Å². The number of rotatable bonds is 4. The summed E-state index contributed by atoms with van der Waals surface area (Å²) in [4.78, 5) is 0. The van der Waals surface area contributed by atoms with Gasteiger partial charge in [0.25, 0.3) is 0 Å². The molecule has 0 aromatic heterocycles. The van der Waals surface area contributed by atoms with E-state index >= 15 is 0 Å². The molecule has 1 fully saturated rings. The summed E-state index contributed by atoms with van der Waals surface area (Å²) >= 11 is 0. The van der Waals surface area contributed by atoms with Crippen molar-refractivity contribution >= 4 is 0 Å². The largest absolute Gasteiger partial charge is 0.497 e. The van der Waals surface area contributed by atoms with E-state index in [0.29, 0.717) is 13.2 Å². The van der Waals surface area contributed by atoms with Crippen molar-refractivity contribution in [2.45, 2.75) is 25.1 Å². The molecule has 96 valence electrons. The van der Waals surface area contributed by atoms with E-state index in [4.69, 9.17) is 18.9 Å². The molecule has 0 N–H and O–H groups in total. The Hall–Kier alpha value is -1.36. The quantitative estimate of drug-likeness (QED) is 0.762. The van der Waals surface area contributed by atoms with Gasteiger partial charge in [0, 0.05) is 0 Å². The van der Waals surface area contributed by atoms with Crippen LogP contribution in [0.15, 0.2) is 36.4 Å². The van der Waals surface area contributed by atoms with Crippen molar-refractivity contribution in [2.75, 3.05) is 13.7 Å². The van der Waals surface area contributed by atoms with Gasteiger partial charge in [0.2, 0.25) is 0 Å². The number of methoxy groups -OCH3 is 1. The molecule has 1 saturated heterocycles. The van der Waals surface area contributed by atoms with E-state index < -0.39 is 0 Å². The number of fused-ring (bicyclic) bond motifs is 2. The lowest BCUT2D eigenvalue weighted by Crippen LogP contribution is -2.32. The third-order valence-electron chi connectivity index (χ3n) is 3.16. The van der Waals surface area contributed by atoms with E-state index in [0.717, 1.165) is 11.3 Å². The molecule has 0 radical (unpaired) electrons. The van der Waals surface area contributed by atoms with E-state index in [-0.39, 0.29) is 18.5 Å². The molecule has 0 saturated carbocycles. The van der Waals surface area contributed by atoms with Crippen LogP contribution in [0.25, 0.3) is 0 Å². The molecule has 1 aromatic carbocycles. The lowest BCUT2D eigenvalue weighted by atomic mass is 10.1. The van der Waals surface area contributed by atoms with Crippen molar-refractivity contribution in [2.24, 2.45) is 0 Å². The normalized spacial score (nSPS) is 29.5. The predicted molar refractivity (Wildman–Crippen MR) is 65.3 cm³/mol. The average molecular weight is 248 g/mol. The lowest BCUT2D eigenvalue weighted by molar-refractivity contribution is -0.0749. The molecule has 3 rings (SSSR count). The highest BCUT2D eigenvalue weighted by Gasteiger charge is 2.34. The highest BCUT2D eigenvalue weighted by molar-refractivity contribution is 5.26. The minimum absolute atomic E-state index is 0.0224. The number of hydrogen-bond acceptors (Lipinski definition) is 4. The second-order valence-corrected chi connectivity index (χ2v) is 4.38. The van der Waals surface area contributed by atoms with Crippen molar-refractivity contribution in [1.29, 1.82) is 0 Å². The highest BCUT2D eigenvalue weighted by Crippen LogP contribution is 2.24. The summed E-state index contributed by atoms with van der Waals surface area (Å²) in [6, 6.07) is 7.86. The smallest absolute Gasteiger partial charge is 0.177 e. The standard InChI is InChI=1S/C14H16O4/c1-15-11-4-2-10(3-5-11)8-16-12-6-7-14-17-9-13(12)18-14/h2-7,12-14H,8-9H2,1H3/t12-,13-,14-/m1/s1. The van der Waals surface area contributed by atoms with Gasteiger partial charge in [0.15, 0.2) is 6.29 Å².